The SMILES string of the molecule is Cc1c(C)c(C)c(C(Br)Cc2ccccc2F)c(C)c1C. The molecule has 0 spiro atoms. The van der Waals surface area contributed by atoms with Crippen molar-refractivity contribution in [1.82, 2.24) is 0 Å². The molecule has 0 bridgehead atoms. The summed E-state index contributed by atoms with van der Waals surface area (Å²) in [5, 5.41) is 0. The Hall–Kier alpha value is -1.15. The highest BCUT2D eigenvalue weighted by atomic mass is 79.9. The van der Waals surface area contributed by atoms with Gasteiger partial charge in [-0.05, 0) is 86.1 Å². The van der Waals surface area contributed by atoms with E-state index in [9.17, 15) is 4.39 Å². The summed E-state index contributed by atoms with van der Waals surface area (Å²) >= 11 is 3.78. The molecule has 0 aliphatic carbocycles. The lowest BCUT2D eigenvalue weighted by atomic mass is 9.87. The van der Waals surface area contributed by atoms with Crippen molar-refractivity contribution in [3.8, 4) is 0 Å². The number of hydrogen-bond donors (Lipinski definition) is 0. The lowest BCUT2D eigenvalue weighted by Gasteiger charge is -2.22. The van der Waals surface area contributed by atoms with E-state index in [2.05, 4.69) is 50.5 Å². The average molecular weight is 349 g/mol. The highest BCUT2D eigenvalue weighted by molar-refractivity contribution is 9.09. The van der Waals surface area contributed by atoms with E-state index in [0.717, 1.165) is 5.56 Å². The molecule has 0 saturated heterocycles. The lowest BCUT2D eigenvalue weighted by molar-refractivity contribution is 0.608. The third-order valence-electron chi connectivity index (χ3n) is 4.73. The first-order valence-electron chi connectivity index (χ1n) is 7.29. The molecule has 2 aromatic rings. The molecule has 1 atom stereocenters. The van der Waals surface area contributed by atoms with Crippen LogP contribution in [0.2, 0.25) is 0 Å². The fourth-order valence-electron chi connectivity index (χ4n) is 2.96. The summed E-state index contributed by atoms with van der Waals surface area (Å²) in [6.45, 7) is 10.8. The van der Waals surface area contributed by atoms with Gasteiger partial charge in [-0.3, -0.25) is 0 Å². The van der Waals surface area contributed by atoms with Gasteiger partial charge in [-0.2, -0.15) is 0 Å². The zero-order valence-corrected chi connectivity index (χ0v) is 14.9. The topological polar surface area (TPSA) is 0 Å². The minimum atomic E-state index is -0.127. The molecule has 1 unspecified atom stereocenters. The molecule has 0 aliphatic heterocycles. The van der Waals surface area contributed by atoms with Crippen molar-refractivity contribution in [1.29, 1.82) is 0 Å². The predicted molar refractivity (Wildman–Crippen MR) is 91.9 cm³/mol. The number of hydrogen-bond acceptors (Lipinski definition) is 0. The average Bonchev–Trinajstić information content (AvgIpc) is 2.46. The molecule has 0 fully saturated rings. The van der Waals surface area contributed by atoms with Crippen molar-refractivity contribution in [2.45, 2.75) is 45.9 Å². The predicted octanol–water partition coefficient (Wildman–Crippen LogP) is 6.05. The molecule has 0 aliphatic rings. The van der Waals surface area contributed by atoms with Crippen LogP contribution in [0.1, 0.15) is 43.8 Å². The molecule has 0 aromatic heterocycles. The fourth-order valence-corrected chi connectivity index (χ4v) is 3.99. The van der Waals surface area contributed by atoms with Gasteiger partial charge in [-0.1, -0.05) is 34.1 Å². The maximum atomic E-state index is 13.9. The third kappa shape index (κ3) is 3.06. The molecule has 0 saturated carbocycles. The quantitative estimate of drug-likeness (QED) is 0.592. The van der Waals surface area contributed by atoms with Crippen LogP contribution in [0.25, 0.3) is 0 Å². The minimum Gasteiger partial charge on any atom is -0.207 e. The Bertz CT molecular complexity index is 645. The van der Waals surface area contributed by atoms with E-state index in [0.29, 0.717) is 6.42 Å². The normalized spacial score (nSPS) is 12.5. The maximum absolute atomic E-state index is 13.9. The Labute approximate surface area is 135 Å². The first-order chi connectivity index (χ1) is 9.84. The molecule has 0 amide bonds. The van der Waals surface area contributed by atoms with Gasteiger partial charge < -0.3 is 0 Å². The van der Waals surface area contributed by atoms with Crippen LogP contribution < -0.4 is 0 Å². The number of benzene rings is 2. The van der Waals surface area contributed by atoms with E-state index >= 15 is 0 Å². The Balaban J connectivity index is 2.45. The summed E-state index contributed by atoms with van der Waals surface area (Å²) in [4.78, 5) is 0.132. The second-order valence-electron chi connectivity index (χ2n) is 5.80. The Morgan fingerprint density at radius 3 is 1.86 bits per heavy atom. The fraction of sp³-hybridized carbons (Fsp3) is 0.368. The molecule has 21 heavy (non-hydrogen) atoms. The standard InChI is InChI=1S/C19H22BrF/c1-11-12(2)14(4)19(15(5)13(11)3)17(20)10-16-8-6-7-9-18(16)21/h6-9,17H,10H2,1-5H3. The van der Waals surface area contributed by atoms with Gasteiger partial charge in [0.1, 0.15) is 5.82 Å². The van der Waals surface area contributed by atoms with E-state index in [1.165, 1.54) is 39.4 Å². The monoisotopic (exact) mass is 348 g/mol. The van der Waals surface area contributed by atoms with Gasteiger partial charge in [0, 0.05) is 4.83 Å². The Morgan fingerprint density at radius 1 is 0.857 bits per heavy atom. The first-order valence-corrected chi connectivity index (χ1v) is 8.20. The van der Waals surface area contributed by atoms with Gasteiger partial charge in [-0.15, -0.1) is 0 Å². The molecule has 2 heteroatoms. The van der Waals surface area contributed by atoms with Crippen molar-refractivity contribution < 1.29 is 4.39 Å². The van der Waals surface area contributed by atoms with Crippen molar-refractivity contribution in [2.75, 3.05) is 0 Å². The van der Waals surface area contributed by atoms with Crippen LogP contribution in [-0.4, -0.2) is 0 Å². The summed E-state index contributed by atoms with van der Waals surface area (Å²) in [5.41, 5.74) is 8.73. The van der Waals surface area contributed by atoms with Crippen LogP contribution in [0.3, 0.4) is 0 Å². The summed E-state index contributed by atoms with van der Waals surface area (Å²) in [7, 11) is 0. The molecular formula is C19H22BrF. The Morgan fingerprint density at radius 2 is 1.33 bits per heavy atom. The van der Waals surface area contributed by atoms with Crippen LogP contribution in [0.4, 0.5) is 4.39 Å². The van der Waals surface area contributed by atoms with Crippen LogP contribution in [0.5, 0.6) is 0 Å². The van der Waals surface area contributed by atoms with Gasteiger partial charge in [-0.25, -0.2) is 4.39 Å². The van der Waals surface area contributed by atoms with E-state index in [1.807, 2.05) is 12.1 Å². The highest BCUT2D eigenvalue weighted by Gasteiger charge is 2.19. The van der Waals surface area contributed by atoms with Gasteiger partial charge in [0.15, 0.2) is 0 Å². The molecule has 0 radical (unpaired) electrons. The molecule has 112 valence electrons. The smallest absolute Gasteiger partial charge is 0.126 e. The summed E-state index contributed by atoms with van der Waals surface area (Å²) in [5.74, 6) is -0.127. The van der Waals surface area contributed by atoms with Crippen molar-refractivity contribution >= 4 is 15.9 Å². The van der Waals surface area contributed by atoms with Gasteiger partial charge in [0.05, 0.1) is 0 Å². The highest BCUT2D eigenvalue weighted by Crippen LogP contribution is 2.36. The van der Waals surface area contributed by atoms with E-state index < -0.39 is 0 Å². The van der Waals surface area contributed by atoms with Crippen LogP contribution >= 0.6 is 15.9 Å². The maximum Gasteiger partial charge on any atom is 0.126 e. The third-order valence-corrected chi connectivity index (χ3v) is 5.51. The Kier molecular flexibility index (Phi) is 4.88. The molecule has 2 aromatic carbocycles. The van der Waals surface area contributed by atoms with Crippen molar-refractivity contribution in [2.24, 2.45) is 0 Å². The van der Waals surface area contributed by atoms with Gasteiger partial charge >= 0.3 is 0 Å². The van der Waals surface area contributed by atoms with E-state index in [-0.39, 0.29) is 10.6 Å². The first kappa shape index (κ1) is 16.2. The van der Waals surface area contributed by atoms with Crippen molar-refractivity contribution in [3.63, 3.8) is 0 Å². The summed E-state index contributed by atoms with van der Waals surface area (Å²) < 4.78 is 13.9. The molecule has 2 rings (SSSR count). The van der Waals surface area contributed by atoms with E-state index in [1.54, 1.807) is 6.07 Å². The van der Waals surface area contributed by atoms with Crippen LogP contribution in [0.15, 0.2) is 24.3 Å². The van der Waals surface area contributed by atoms with Crippen LogP contribution in [0, 0.1) is 40.4 Å². The number of halogens is 2. The van der Waals surface area contributed by atoms with E-state index in [4.69, 9.17) is 0 Å². The zero-order chi connectivity index (χ0) is 15.7. The molecular weight excluding hydrogens is 327 g/mol. The second-order valence-corrected chi connectivity index (χ2v) is 6.91. The van der Waals surface area contributed by atoms with Crippen LogP contribution in [-0.2, 0) is 6.42 Å². The molecule has 0 heterocycles. The van der Waals surface area contributed by atoms with Gasteiger partial charge in [0.25, 0.3) is 0 Å². The minimum absolute atomic E-state index is 0.127. The summed E-state index contributed by atoms with van der Waals surface area (Å²) in [6.07, 6.45) is 0.663. The summed E-state index contributed by atoms with van der Waals surface area (Å²) in [6, 6.07) is 7.02. The van der Waals surface area contributed by atoms with Crippen molar-refractivity contribution in [3.05, 3.63) is 69.0 Å². The molecule has 0 N–H and O–H groups in total. The number of alkyl halides is 1. The van der Waals surface area contributed by atoms with Gasteiger partial charge in [0.2, 0.25) is 0 Å². The molecule has 0 nitrogen and oxygen atoms in total. The lowest BCUT2D eigenvalue weighted by Crippen LogP contribution is -2.07. The zero-order valence-electron chi connectivity index (χ0n) is 13.3. The second kappa shape index (κ2) is 6.31. The number of rotatable bonds is 3. The largest absolute Gasteiger partial charge is 0.207 e.